The van der Waals surface area contributed by atoms with Gasteiger partial charge < -0.3 is 33.0 Å². The van der Waals surface area contributed by atoms with E-state index in [4.69, 9.17) is 33.0 Å². The SMILES string of the molecule is CCOCc1ccc(C(COCc2ccccc2)CB2OC3C[C@H]4C[C@H](C4(C)C)[C@]3(C)O2)c(OC(=O)OC(C)(C)C)c1C(=O)OC(C)(C)C. The number of hydrogen-bond acceptors (Lipinski definition) is 9. The van der Waals surface area contributed by atoms with Crippen LogP contribution >= 0.6 is 0 Å². The molecule has 10 heteroatoms. The first-order chi connectivity index (χ1) is 22.9. The zero-order valence-electron chi connectivity index (χ0n) is 31.1. The highest BCUT2D eigenvalue weighted by Gasteiger charge is 2.67. The van der Waals surface area contributed by atoms with E-state index in [1.54, 1.807) is 41.5 Å². The van der Waals surface area contributed by atoms with Gasteiger partial charge in [0.25, 0.3) is 0 Å². The topological polar surface area (TPSA) is 98.8 Å². The van der Waals surface area contributed by atoms with Gasteiger partial charge in [-0.25, -0.2) is 9.59 Å². The predicted molar refractivity (Wildman–Crippen MR) is 188 cm³/mol. The summed E-state index contributed by atoms with van der Waals surface area (Å²) in [5, 5.41) is 0. The van der Waals surface area contributed by atoms with E-state index in [2.05, 4.69) is 20.8 Å². The second-order valence-corrected chi connectivity index (χ2v) is 16.6. The summed E-state index contributed by atoms with van der Waals surface area (Å²) in [7, 11) is -0.516. The molecule has 2 bridgehead atoms. The van der Waals surface area contributed by atoms with Gasteiger partial charge in [-0.05, 0) is 103 Å². The average Bonchev–Trinajstić information content (AvgIpc) is 3.33. The molecule has 0 amide bonds. The lowest BCUT2D eigenvalue weighted by Gasteiger charge is -2.64. The molecule has 2 aromatic carbocycles. The lowest BCUT2D eigenvalue weighted by molar-refractivity contribution is -0.199. The number of carbonyl (C=O) groups excluding carboxylic acids is 2. The third-order valence-corrected chi connectivity index (χ3v) is 10.3. The zero-order valence-corrected chi connectivity index (χ0v) is 31.1. The Bertz CT molecular complexity index is 1480. The molecule has 9 nitrogen and oxygen atoms in total. The molecule has 4 fully saturated rings. The predicted octanol–water partition coefficient (Wildman–Crippen LogP) is 8.52. The number of hydrogen-bond donors (Lipinski definition) is 0. The van der Waals surface area contributed by atoms with Crippen LogP contribution in [-0.2, 0) is 41.5 Å². The van der Waals surface area contributed by atoms with Crippen molar-refractivity contribution in [3.63, 3.8) is 0 Å². The molecule has 6 rings (SSSR count). The Balaban J connectivity index is 1.54. The van der Waals surface area contributed by atoms with Gasteiger partial charge in [-0.3, -0.25) is 0 Å². The van der Waals surface area contributed by atoms with Crippen molar-refractivity contribution in [1.82, 2.24) is 0 Å². The van der Waals surface area contributed by atoms with Gasteiger partial charge in [0.15, 0.2) is 5.75 Å². The molecule has 2 aromatic rings. The Morgan fingerprint density at radius 3 is 2.24 bits per heavy atom. The third kappa shape index (κ3) is 8.52. The largest absolute Gasteiger partial charge is 0.514 e. The van der Waals surface area contributed by atoms with Gasteiger partial charge in [-0.1, -0.05) is 56.3 Å². The molecule has 1 saturated heterocycles. The summed E-state index contributed by atoms with van der Waals surface area (Å²) >= 11 is 0. The molecule has 2 unspecified atom stereocenters. The highest BCUT2D eigenvalue weighted by atomic mass is 16.7. The molecular weight excluding hydrogens is 623 g/mol. The van der Waals surface area contributed by atoms with Gasteiger partial charge >= 0.3 is 19.2 Å². The minimum atomic E-state index is -0.926. The number of esters is 1. The molecule has 1 heterocycles. The molecule has 0 aromatic heterocycles. The average molecular weight is 679 g/mol. The number of ether oxygens (including phenoxy) is 5. The van der Waals surface area contributed by atoms with Crippen LogP contribution in [-0.4, -0.2) is 55.4 Å². The van der Waals surface area contributed by atoms with E-state index >= 15 is 0 Å². The maximum Gasteiger partial charge on any atom is 0.514 e. The molecule has 3 saturated carbocycles. The number of benzene rings is 2. The van der Waals surface area contributed by atoms with Gasteiger partial charge in [-0.2, -0.15) is 0 Å². The van der Waals surface area contributed by atoms with Crippen LogP contribution < -0.4 is 4.74 Å². The van der Waals surface area contributed by atoms with Gasteiger partial charge in [0.05, 0.1) is 31.5 Å². The lowest BCUT2D eigenvalue weighted by atomic mass is 9.43. The molecule has 0 radical (unpaired) electrons. The quantitative estimate of drug-likeness (QED) is 0.124. The molecular formula is C39H55BO9. The minimum absolute atomic E-state index is 0.00328. The Hall–Kier alpha value is -2.92. The molecule has 0 N–H and O–H groups in total. The van der Waals surface area contributed by atoms with Crippen LogP contribution in [0.3, 0.4) is 0 Å². The fraction of sp³-hybridized carbons (Fsp3) is 0.641. The van der Waals surface area contributed by atoms with Gasteiger partial charge in [0.1, 0.15) is 16.8 Å². The fourth-order valence-corrected chi connectivity index (χ4v) is 7.77. The highest BCUT2D eigenvalue weighted by molar-refractivity contribution is 6.45. The summed E-state index contributed by atoms with van der Waals surface area (Å²) < 4.78 is 43.1. The Morgan fingerprint density at radius 1 is 0.918 bits per heavy atom. The van der Waals surface area contributed by atoms with E-state index in [1.807, 2.05) is 49.4 Å². The maximum absolute atomic E-state index is 14.0. The van der Waals surface area contributed by atoms with Gasteiger partial charge in [0, 0.05) is 18.1 Å². The Morgan fingerprint density at radius 2 is 1.61 bits per heavy atom. The van der Waals surface area contributed by atoms with Crippen LogP contribution in [0.2, 0.25) is 6.32 Å². The van der Waals surface area contributed by atoms with Crippen LogP contribution in [0.5, 0.6) is 5.75 Å². The van der Waals surface area contributed by atoms with Crippen LogP contribution in [0.15, 0.2) is 42.5 Å². The Labute approximate surface area is 292 Å². The van der Waals surface area contributed by atoms with E-state index in [0.29, 0.717) is 42.5 Å². The molecule has 268 valence electrons. The number of carbonyl (C=O) groups is 2. The minimum Gasteiger partial charge on any atom is -0.456 e. The molecule has 49 heavy (non-hydrogen) atoms. The van der Waals surface area contributed by atoms with Crippen LogP contribution in [0.25, 0.3) is 0 Å². The fourth-order valence-electron chi connectivity index (χ4n) is 7.77. The summed E-state index contributed by atoms with van der Waals surface area (Å²) in [5.74, 6) is 0.0787. The zero-order chi connectivity index (χ0) is 35.8. The van der Waals surface area contributed by atoms with Gasteiger partial charge in [0.2, 0.25) is 0 Å². The summed E-state index contributed by atoms with van der Waals surface area (Å²) in [6, 6.07) is 13.7. The Kier molecular flexibility index (Phi) is 11.0. The maximum atomic E-state index is 14.0. The van der Waals surface area contributed by atoms with E-state index < -0.39 is 36.0 Å². The van der Waals surface area contributed by atoms with Crippen LogP contribution in [0.1, 0.15) is 115 Å². The van der Waals surface area contributed by atoms with Crippen molar-refractivity contribution in [2.24, 2.45) is 17.3 Å². The second-order valence-electron chi connectivity index (χ2n) is 16.6. The molecule has 3 aliphatic carbocycles. The normalized spacial score (nSPS) is 24.9. The first-order valence-electron chi connectivity index (χ1n) is 17.7. The van der Waals surface area contributed by atoms with E-state index in [-0.39, 0.29) is 42.0 Å². The monoisotopic (exact) mass is 678 g/mol. The summed E-state index contributed by atoms with van der Waals surface area (Å²) in [6.07, 6.45) is 1.61. The van der Waals surface area contributed by atoms with Crippen LogP contribution in [0.4, 0.5) is 4.79 Å². The summed E-state index contributed by atoms with van der Waals surface area (Å²) in [5.41, 5.74) is 0.469. The first-order valence-corrected chi connectivity index (χ1v) is 17.7. The van der Waals surface area contributed by atoms with Crippen molar-refractivity contribution >= 4 is 19.2 Å². The van der Waals surface area contributed by atoms with Crippen molar-refractivity contribution in [1.29, 1.82) is 0 Å². The third-order valence-electron chi connectivity index (χ3n) is 10.3. The molecule has 1 aliphatic heterocycles. The number of rotatable bonds is 12. The second kappa shape index (κ2) is 14.4. The lowest BCUT2D eigenvalue weighted by Crippen LogP contribution is -2.65. The summed E-state index contributed by atoms with van der Waals surface area (Å²) in [4.78, 5) is 27.3. The van der Waals surface area contributed by atoms with Gasteiger partial charge in [-0.15, -0.1) is 0 Å². The standard InChI is InChI=1S/C39H55BO9/c1-11-43-23-26-17-18-29(33(45-35(42)47-37(5,6)7)32(26)34(41)46-36(2,3)4)27(24-44-22-25-15-13-12-14-16-25)21-40-48-31-20-28-19-30(38(28,8)9)39(31,10)49-40/h12-18,27-28,30-31H,11,19-24H2,1-10H3/t27?,28-,30-,31?,39+/m1/s1. The molecule has 5 atom stereocenters. The van der Waals surface area contributed by atoms with Crippen molar-refractivity contribution in [2.75, 3.05) is 13.2 Å². The molecule has 4 aliphatic rings. The van der Waals surface area contributed by atoms with Crippen molar-refractivity contribution < 1.29 is 42.6 Å². The van der Waals surface area contributed by atoms with E-state index in [1.165, 1.54) is 0 Å². The van der Waals surface area contributed by atoms with Crippen molar-refractivity contribution in [2.45, 2.75) is 130 Å². The van der Waals surface area contributed by atoms with Crippen LogP contribution in [0, 0.1) is 17.3 Å². The van der Waals surface area contributed by atoms with E-state index in [9.17, 15) is 9.59 Å². The van der Waals surface area contributed by atoms with E-state index in [0.717, 1.165) is 18.4 Å². The smallest absolute Gasteiger partial charge is 0.456 e. The van der Waals surface area contributed by atoms with Crippen molar-refractivity contribution in [3.8, 4) is 5.75 Å². The highest BCUT2D eigenvalue weighted by Crippen LogP contribution is 2.66. The first kappa shape index (κ1) is 37.3. The summed E-state index contributed by atoms with van der Waals surface area (Å²) in [6.45, 7) is 20.6. The van der Waals surface area contributed by atoms with Crippen molar-refractivity contribution in [3.05, 3.63) is 64.7 Å². The molecule has 0 spiro atoms.